The first-order valence-corrected chi connectivity index (χ1v) is 12.5. The van der Waals surface area contributed by atoms with Crippen molar-refractivity contribution in [1.29, 1.82) is 0 Å². The Kier molecular flexibility index (Phi) is 8.49. The third-order valence-corrected chi connectivity index (χ3v) is 6.65. The molecule has 1 fully saturated rings. The summed E-state index contributed by atoms with van der Waals surface area (Å²) in [5, 5.41) is 16.9. The number of halogens is 2. The number of hydrazine groups is 1. The first-order chi connectivity index (χ1) is 17.7. The van der Waals surface area contributed by atoms with Gasteiger partial charge in [0.2, 0.25) is 5.82 Å². The molecule has 0 atom stereocenters. The molecule has 0 bridgehead atoms. The Morgan fingerprint density at radius 3 is 2.57 bits per heavy atom. The van der Waals surface area contributed by atoms with Crippen LogP contribution in [0.2, 0.25) is 10.0 Å². The number of hydrogen-bond acceptors (Lipinski definition) is 8. The maximum Gasteiger partial charge on any atom is 0.311 e. The van der Waals surface area contributed by atoms with E-state index in [9.17, 15) is 14.9 Å². The number of nitrogens with one attached hydrogen (secondary N) is 2. The second-order valence-electron chi connectivity index (χ2n) is 8.82. The van der Waals surface area contributed by atoms with Crippen LogP contribution in [-0.4, -0.2) is 70.1 Å². The van der Waals surface area contributed by atoms with Crippen molar-refractivity contribution in [2.24, 2.45) is 0 Å². The highest BCUT2D eigenvalue weighted by Crippen LogP contribution is 2.33. The fourth-order valence-electron chi connectivity index (χ4n) is 4.06. The van der Waals surface area contributed by atoms with Gasteiger partial charge >= 0.3 is 5.69 Å². The lowest BCUT2D eigenvalue weighted by atomic mass is 10.0. The average molecular weight is 547 g/mol. The van der Waals surface area contributed by atoms with E-state index in [0.717, 1.165) is 31.7 Å². The molecule has 2 aromatic heterocycles. The van der Waals surface area contributed by atoms with Gasteiger partial charge in [0.1, 0.15) is 5.82 Å². The molecule has 1 aliphatic heterocycles. The minimum Gasteiger partial charge on any atom is -0.378 e. The van der Waals surface area contributed by atoms with Crippen LogP contribution < -0.4 is 16.5 Å². The minimum atomic E-state index is -0.569. The highest BCUT2D eigenvalue weighted by molar-refractivity contribution is 6.36. The molecule has 1 amide bonds. The van der Waals surface area contributed by atoms with Gasteiger partial charge in [-0.05, 0) is 31.7 Å². The van der Waals surface area contributed by atoms with Gasteiger partial charge in [-0.3, -0.25) is 20.3 Å². The number of carbonyl (C=O) groups excluding carboxylic acids is 1. The third-order valence-electron chi connectivity index (χ3n) is 6.11. The van der Waals surface area contributed by atoms with Crippen molar-refractivity contribution in [3.05, 3.63) is 68.4 Å². The number of nitro groups is 1. The molecule has 0 unspecified atom stereocenters. The number of rotatable bonds is 9. The number of hydrogen-bond donors (Lipinski definition) is 3. The number of aromatic nitrogens is 2. The molecule has 13 heteroatoms. The van der Waals surface area contributed by atoms with Crippen molar-refractivity contribution in [2.45, 2.75) is 13.0 Å². The summed E-state index contributed by atoms with van der Waals surface area (Å²) in [5.74, 6) is 0.116. The normalized spacial score (nSPS) is 14.5. The molecule has 196 valence electrons. The zero-order valence-electron chi connectivity index (χ0n) is 20.3. The Morgan fingerprint density at radius 1 is 1.14 bits per heavy atom. The number of carbonyl (C=O) groups is 1. The Balaban J connectivity index is 1.46. The van der Waals surface area contributed by atoms with Gasteiger partial charge < -0.3 is 20.5 Å². The smallest absolute Gasteiger partial charge is 0.311 e. The van der Waals surface area contributed by atoms with Crippen LogP contribution in [0.5, 0.6) is 0 Å². The fraction of sp³-hybridized carbons (Fsp3) is 0.333. The van der Waals surface area contributed by atoms with E-state index in [4.69, 9.17) is 28.9 Å². The van der Waals surface area contributed by atoms with E-state index >= 15 is 0 Å². The lowest BCUT2D eigenvalue weighted by Crippen LogP contribution is -2.52. The number of aryl methyl sites for hydroxylation is 1. The molecule has 0 radical (unpaired) electrons. The molecule has 3 heterocycles. The highest BCUT2D eigenvalue weighted by atomic mass is 35.5. The van der Waals surface area contributed by atoms with E-state index in [0.29, 0.717) is 46.5 Å². The first kappa shape index (κ1) is 26.7. The molecule has 4 rings (SSSR count). The van der Waals surface area contributed by atoms with E-state index < -0.39 is 4.92 Å². The summed E-state index contributed by atoms with van der Waals surface area (Å²) >= 11 is 12.6. The Hall–Kier alpha value is -3.38. The second kappa shape index (κ2) is 11.8. The zero-order valence-corrected chi connectivity index (χ0v) is 21.8. The molecule has 3 aromatic rings. The van der Waals surface area contributed by atoms with E-state index in [1.807, 2.05) is 28.0 Å². The number of nitrogen functional groups attached to an aromatic ring is 1. The number of likely N-dealkylation sites (N-methyl/N-ethyl adjacent to an activating group) is 1. The number of piperazine rings is 1. The van der Waals surface area contributed by atoms with Crippen molar-refractivity contribution < 1.29 is 9.72 Å². The molecule has 1 saturated heterocycles. The summed E-state index contributed by atoms with van der Waals surface area (Å²) in [6, 6.07) is 8.05. The summed E-state index contributed by atoms with van der Waals surface area (Å²) in [5.41, 5.74) is 10.4. The van der Waals surface area contributed by atoms with Gasteiger partial charge in [0.25, 0.3) is 5.91 Å². The lowest BCUT2D eigenvalue weighted by Gasteiger charge is -2.32. The second-order valence-corrected chi connectivity index (χ2v) is 9.66. The first-order valence-electron chi connectivity index (χ1n) is 11.8. The number of pyridine rings is 1. The van der Waals surface area contributed by atoms with E-state index in [2.05, 4.69) is 27.7 Å². The quantitative estimate of drug-likeness (QED) is 0.210. The van der Waals surface area contributed by atoms with Gasteiger partial charge in [0.05, 0.1) is 10.5 Å². The maximum atomic E-state index is 13.3. The van der Waals surface area contributed by atoms with E-state index in [1.54, 1.807) is 12.1 Å². The molecule has 37 heavy (non-hydrogen) atoms. The molecule has 0 saturated carbocycles. The lowest BCUT2D eigenvalue weighted by molar-refractivity contribution is -0.384. The summed E-state index contributed by atoms with van der Waals surface area (Å²) in [6.45, 7) is 4.39. The van der Waals surface area contributed by atoms with E-state index in [1.165, 1.54) is 12.1 Å². The number of benzene rings is 1. The molecule has 1 aromatic carbocycles. The summed E-state index contributed by atoms with van der Waals surface area (Å²) in [4.78, 5) is 29.9. The number of amides is 1. The summed E-state index contributed by atoms with van der Waals surface area (Å²) in [6.07, 6.45) is 4.41. The van der Waals surface area contributed by atoms with E-state index in [-0.39, 0.29) is 17.4 Å². The SMILES string of the molecule is CN1CCN(NC(=O)c2cn(CCCNc3ccc([N+](=O)[O-])c(N)n3)cc2-c2ccc(Cl)cc2Cl)CC1. The highest BCUT2D eigenvalue weighted by Gasteiger charge is 2.22. The average Bonchev–Trinajstić information content (AvgIpc) is 3.27. The topological polar surface area (TPSA) is 135 Å². The Bertz CT molecular complexity index is 1290. The van der Waals surface area contributed by atoms with Crippen molar-refractivity contribution in [2.75, 3.05) is 50.8 Å². The van der Waals surface area contributed by atoms with Gasteiger partial charge in [0.15, 0.2) is 0 Å². The van der Waals surface area contributed by atoms with Crippen LogP contribution in [0.25, 0.3) is 11.1 Å². The van der Waals surface area contributed by atoms with Gasteiger partial charge in [0, 0.05) is 78.9 Å². The van der Waals surface area contributed by atoms with Crippen LogP contribution >= 0.6 is 23.2 Å². The molecule has 11 nitrogen and oxygen atoms in total. The maximum absolute atomic E-state index is 13.3. The third kappa shape index (κ3) is 6.69. The molecular weight excluding hydrogens is 519 g/mol. The van der Waals surface area contributed by atoms with Crippen molar-refractivity contribution in [3.8, 4) is 11.1 Å². The standard InChI is InChI=1S/C24H28Cl2N8O3/c1-31-9-11-33(12-10-31)30-24(35)19-15-32(14-18(19)17-4-3-16(25)13-20(17)26)8-2-7-28-22-6-5-21(34(36)37)23(27)29-22/h3-6,13-15H,2,7-12H2,1H3,(H,30,35)(H3,27,28,29). The number of nitrogens with zero attached hydrogens (tertiary/aromatic N) is 5. The number of nitrogens with two attached hydrogens (primary N) is 1. The van der Waals surface area contributed by atoms with Crippen LogP contribution in [0.4, 0.5) is 17.3 Å². The van der Waals surface area contributed by atoms with Crippen LogP contribution in [0.15, 0.2) is 42.7 Å². The van der Waals surface area contributed by atoms with Gasteiger partial charge in [-0.2, -0.15) is 0 Å². The van der Waals surface area contributed by atoms with Crippen molar-refractivity contribution in [3.63, 3.8) is 0 Å². The molecule has 0 spiro atoms. The predicted octanol–water partition coefficient (Wildman–Crippen LogP) is 3.74. The van der Waals surface area contributed by atoms with Crippen LogP contribution in [0.1, 0.15) is 16.8 Å². The largest absolute Gasteiger partial charge is 0.378 e. The number of anilines is 2. The van der Waals surface area contributed by atoms with Gasteiger partial charge in [-0.1, -0.05) is 29.3 Å². The minimum absolute atomic E-state index is 0.138. The Labute approximate surface area is 224 Å². The van der Waals surface area contributed by atoms with Crippen LogP contribution in [-0.2, 0) is 6.54 Å². The van der Waals surface area contributed by atoms with Gasteiger partial charge in [-0.25, -0.2) is 9.99 Å². The summed E-state index contributed by atoms with van der Waals surface area (Å²) in [7, 11) is 2.06. The summed E-state index contributed by atoms with van der Waals surface area (Å²) < 4.78 is 1.94. The fourth-order valence-corrected chi connectivity index (χ4v) is 4.57. The van der Waals surface area contributed by atoms with Crippen molar-refractivity contribution in [1.82, 2.24) is 24.9 Å². The predicted molar refractivity (Wildman–Crippen MR) is 145 cm³/mol. The molecule has 4 N–H and O–H groups in total. The zero-order chi connectivity index (χ0) is 26.5. The van der Waals surface area contributed by atoms with Crippen LogP contribution in [0, 0.1) is 10.1 Å². The monoisotopic (exact) mass is 546 g/mol. The van der Waals surface area contributed by atoms with Crippen LogP contribution in [0.3, 0.4) is 0 Å². The van der Waals surface area contributed by atoms with Crippen molar-refractivity contribution >= 4 is 46.4 Å². The molecular formula is C24H28Cl2N8O3. The van der Waals surface area contributed by atoms with Gasteiger partial charge in [-0.15, -0.1) is 0 Å². The Morgan fingerprint density at radius 2 is 1.89 bits per heavy atom. The molecule has 0 aliphatic carbocycles. The molecule has 1 aliphatic rings.